The number of hydrogen-bond acceptors (Lipinski definition) is 5. The van der Waals surface area contributed by atoms with Crippen LogP contribution in [0.1, 0.15) is 17.7 Å². The zero-order valence-electron chi connectivity index (χ0n) is 16.5. The van der Waals surface area contributed by atoms with Gasteiger partial charge in [-0.25, -0.2) is 0 Å². The number of rotatable bonds is 5. The van der Waals surface area contributed by atoms with E-state index in [0.717, 1.165) is 19.6 Å². The minimum Gasteiger partial charge on any atom is -0.396 e. The molecule has 3 heterocycles. The van der Waals surface area contributed by atoms with Crippen molar-refractivity contribution in [3.05, 3.63) is 35.2 Å². The van der Waals surface area contributed by atoms with Gasteiger partial charge in [-0.3, -0.25) is 4.90 Å². The highest BCUT2D eigenvalue weighted by Gasteiger charge is 2.28. The lowest BCUT2D eigenvalue weighted by atomic mass is 9.89. The first-order valence-electron chi connectivity index (χ1n) is 10.4. The Kier molecular flexibility index (Phi) is 6.46. The standard InChI is InChI=1S/C22H33N3OS/c1-23-7-4-8-24(10-9-23)13-18-11-19(17-26)15-25(14-18)16-21-12-20-5-2-3-6-22(20)27-21/h2-3,5-6,12,18-19,26H,4,7-11,13-17H2,1H3/t18-,19+/m0/s1. The topological polar surface area (TPSA) is 30.0 Å². The highest BCUT2D eigenvalue weighted by Crippen LogP contribution is 2.29. The molecule has 2 aliphatic heterocycles. The van der Waals surface area contributed by atoms with E-state index in [2.05, 4.69) is 52.1 Å². The molecule has 2 atom stereocenters. The first-order valence-corrected chi connectivity index (χ1v) is 11.2. The van der Waals surface area contributed by atoms with Gasteiger partial charge in [-0.2, -0.15) is 0 Å². The molecule has 2 saturated heterocycles. The van der Waals surface area contributed by atoms with E-state index >= 15 is 0 Å². The number of hydrogen-bond donors (Lipinski definition) is 1. The summed E-state index contributed by atoms with van der Waals surface area (Å²) in [7, 11) is 2.23. The maximum atomic E-state index is 9.85. The molecule has 0 saturated carbocycles. The number of fused-ring (bicyclic) bond motifs is 1. The van der Waals surface area contributed by atoms with Crippen molar-refractivity contribution in [2.75, 3.05) is 59.5 Å². The lowest BCUT2D eigenvalue weighted by Gasteiger charge is -2.39. The Morgan fingerprint density at radius 3 is 2.74 bits per heavy atom. The smallest absolute Gasteiger partial charge is 0.0471 e. The summed E-state index contributed by atoms with van der Waals surface area (Å²) in [5.74, 6) is 1.10. The third-order valence-corrected chi connectivity index (χ3v) is 7.24. The number of benzene rings is 1. The molecule has 1 aromatic carbocycles. The van der Waals surface area contributed by atoms with Gasteiger partial charge in [0.2, 0.25) is 0 Å². The van der Waals surface area contributed by atoms with Crippen LogP contribution in [0.4, 0.5) is 0 Å². The second-order valence-corrected chi connectivity index (χ2v) is 9.72. The van der Waals surface area contributed by atoms with Gasteiger partial charge in [0, 0.05) is 55.5 Å². The van der Waals surface area contributed by atoms with Gasteiger partial charge in [0.25, 0.3) is 0 Å². The van der Waals surface area contributed by atoms with E-state index < -0.39 is 0 Å². The Morgan fingerprint density at radius 2 is 1.89 bits per heavy atom. The van der Waals surface area contributed by atoms with E-state index in [1.54, 1.807) is 0 Å². The van der Waals surface area contributed by atoms with Crippen LogP contribution in [0.3, 0.4) is 0 Å². The van der Waals surface area contributed by atoms with E-state index in [1.807, 2.05) is 11.3 Å². The number of aliphatic hydroxyl groups is 1. The van der Waals surface area contributed by atoms with Crippen molar-refractivity contribution < 1.29 is 5.11 Å². The molecule has 4 rings (SSSR count). The van der Waals surface area contributed by atoms with Gasteiger partial charge in [-0.15, -0.1) is 11.3 Å². The van der Waals surface area contributed by atoms with Crippen molar-refractivity contribution in [2.24, 2.45) is 11.8 Å². The average Bonchev–Trinajstić information content (AvgIpc) is 2.96. The van der Waals surface area contributed by atoms with Crippen LogP contribution < -0.4 is 0 Å². The molecule has 0 radical (unpaired) electrons. The zero-order chi connectivity index (χ0) is 18.6. The molecule has 2 fully saturated rings. The van der Waals surface area contributed by atoms with Crippen LogP contribution in [0.25, 0.3) is 10.1 Å². The fourth-order valence-corrected chi connectivity index (χ4v) is 5.91. The molecule has 5 heteroatoms. The van der Waals surface area contributed by atoms with E-state index in [1.165, 1.54) is 60.5 Å². The van der Waals surface area contributed by atoms with Gasteiger partial charge in [-0.1, -0.05) is 18.2 Å². The summed E-state index contributed by atoms with van der Waals surface area (Å²) in [5, 5.41) is 11.2. The van der Waals surface area contributed by atoms with Crippen LogP contribution in [-0.4, -0.2) is 79.3 Å². The number of nitrogens with zero attached hydrogens (tertiary/aromatic N) is 3. The maximum absolute atomic E-state index is 9.85. The Morgan fingerprint density at radius 1 is 1.04 bits per heavy atom. The second-order valence-electron chi connectivity index (χ2n) is 8.55. The van der Waals surface area contributed by atoms with Gasteiger partial charge in [0.1, 0.15) is 0 Å². The lowest BCUT2D eigenvalue weighted by Crippen LogP contribution is -2.45. The zero-order valence-corrected chi connectivity index (χ0v) is 17.3. The number of likely N-dealkylation sites (N-methyl/N-ethyl adjacent to an activating group) is 1. The molecule has 0 unspecified atom stereocenters. The molecule has 0 spiro atoms. The minimum atomic E-state index is 0.322. The summed E-state index contributed by atoms with van der Waals surface area (Å²) in [4.78, 5) is 9.14. The summed E-state index contributed by atoms with van der Waals surface area (Å²) >= 11 is 1.92. The van der Waals surface area contributed by atoms with Crippen LogP contribution in [0, 0.1) is 11.8 Å². The molecule has 27 heavy (non-hydrogen) atoms. The maximum Gasteiger partial charge on any atom is 0.0471 e. The fraction of sp³-hybridized carbons (Fsp3) is 0.636. The van der Waals surface area contributed by atoms with Crippen LogP contribution in [0.5, 0.6) is 0 Å². The summed E-state index contributed by atoms with van der Waals surface area (Å²) in [6, 6.07) is 11.0. The molecule has 1 aromatic heterocycles. The average molecular weight is 388 g/mol. The lowest BCUT2D eigenvalue weighted by molar-refractivity contribution is 0.0633. The van der Waals surface area contributed by atoms with Gasteiger partial charge in [0.15, 0.2) is 0 Å². The van der Waals surface area contributed by atoms with Crippen molar-refractivity contribution in [2.45, 2.75) is 19.4 Å². The number of likely N-dealkylation sites (tertiary alicyclic amines) is 1. The molecule has 2 aliphatic rings. The van der Waals surface area contributed by atoms with Crippen molar-refractivity contribution in [3.8, 4) is 0 Å². The van der Waals surface area contributed by atoms with Crippen molar-refractivity contribution in [3.63, 3.8) is 0 Å². The first-order chi connectivity index (χ1) is 13.2. The van der Waals surface area contributed by atoms with Crippen LogP contribution in [0.2, 0.25) is 0 Å². The second kappa shape index (κ2) is 9.01. The molecule has 4 nitrogen and oxygen atoms in total. The molecule has 1 N–H and O–H groups in total. The quantitative estimate of drug-likeness (QED) is 0.854. The van der Waals surface area contributed by atoms with E-state index in [9.17, 15) is 5.11 Å². The SMILES string of the molecule is CN1CCCN(C[C@@H]2C[C@@H](CO)CN(Cc3cc4ccccc4s3)C2)CC1. The van der Waals surface area contributed by atoms with Gasteiger partial charge >= 0.3 is 0 Å². The molecule has 0 bridgehead atoms. The largest absolute Gasteiger partial charge is 0.396 e. The van der Waals surface area contributed by atoms with Crippen molar-refractivity contribution >= 4 is 21.4 Å². The van der Waals surface area contributed by atoms with Crippen LogP contribution in [0.15, 0.2) is 30.3 Å². The first kappa shape index (κ1) is 19.3. The minimum absolute atomic E-state index is 0.322. The molecular formula is C22H33N3OS. The molecule has 0 amide bonds. The molecule has 2 aromatic rings. The number of thiophene rings is 1. The predicted octanol–water partition coefficient (Wildman–Crippen LogP) is 2.97. The highest BCUT2D eigenvalue weighted by atomic mass is 32.1. The highest BCUT2D eigenvalue weighted by molar-refractivity contribution is 7.19. The fourth-order valence-electron chi connectivity index (χ4n) is 4.80. The van der Waals surface area contributed by atoms with E-state index in [0.29, 0.717) is 18.4 Å². The monoisotopic (exact) mass is 387 g/mol. The third-order valence-electron chi connectivity index (χ3n) is 6.14. The number of piperidine rings is 1. The number of aliphatic hydroxyl groups excluding tert-OH is 1. The Labute approximate surface area is 167 Å². The third kappa shape index (κ3) is 5.09. The summed E-state index contributed by atoms with van der Waals surface area (Å²) in [5.41, 5.74) is 0. The van der Waals surface area contributed by atoms with Crippen molar-refractivity contribution in [1.82, 2.24) is 14.7 Å². The summed E-state index contributed by atoms with van der Waals surface area (Å²) in [6.45, 7) is 9.54. The van der Waals surface area contributed by atoms with Gasteiger partial charge in [0.05, 0.1) is 0 Å². The van der Waals surface area contributed by atoms with Gasteiger partial charge < -0.3 is 14.9 Å². The summed E-state index contributed by atoms with van der Waals surface area (Å²) in [6.07, 6.45) is 2.45. The van der Waals surface area contributed by atoms with E-state index in [4.69, 9.17) is 0 Å². The molecular weight excluding hydrogens is 354 g/mol. The Hall–Kier alpha value is -0.980. The van der Waals surface area contributed by atoms with Crippen LogP contribution >= 0.6 is 11.3 Å². The summed E-state index contributed by atoms with van der Waals surface area (Å²) < 4.78 is 1.38. The molecule has 148 valence electrons. The van der Waals surface area contributed by atoms with Crippen molar-refractivity contribution in [1.29, 1.82) is 0 Å². The van der Waals surface area contributed by atoms with Gasteiger partial charge in [-0.05, 0) is 62.3 Å². The van der Waals surface area contributed by atoms with Crippen LogP contribution in [-0.2, 0) is 6.54 Å². The normalized spacial score (nSPS) is 26.4. The Balaban J connectivity index is 1.39. The predicted molar refractivity (Wildman–Crippen MR) is 114 cm³/mol. The Bertz CT molecular complexity index is 700. The molecule has 0 aliphatic carbocycles. The van der Waals surface area contributed by atoms with E-state index in [-0.39, 0.29) is 0 Å².